The number of aliphatic hydroxyl groups excluding tert-OH is 1. The molecule has 18 heavy (non-hydrogen) atoms. The van der Waals surface area contributed by atoms with E-state index in [2.05, 4.69) is 37.5 Å². The summed E-state index contributed by atoms with van der Waals surface area (Å²) < 4.78 is 1.84. The van der Waals surface area contributed by atoms with Gasteiger partial charge in [0, 0.05) is 33.3 Å². The van der Waals surface area contributed by atoms with Gasteiger partial charge in [0.15, 0.2) is 0 Å². The second kappa shape index (κ2) is 13.9. The Morgan fingerprint density at radius 3 is 1.17 bits per heavy atom. The number of hydrogen-bond donors (Lipinski definition) is 1. The van der Waals surface area contributed by atoms with E-state index in [1.807, 2.05) is 0 Å². The Labute approximate surface area is 130 Å². The van der Waals surface area contributed by atoms with Crippen molar-refractivity contribution in [2.45, 2.75) is 27.7 Å². The molecule has 0 amide bonds. The summed E-state index contributed by atoms with van der Waals surface area (Å²) in [5.74, 6) is 0. The summed E-state index contributed by atoms with van der Waals surface area (Å²) >= 11 is 10.7. The fourth-order valence-electron chi connectivity index (χ4n) is 1.14. The van der Waals surface area contributed by atoms with E-state index in [0.29, 0.717) is 0 Å². The minimum atomic E-state index is 0.921. The van der Waals surface area contributed by atoms with Crippen LogP contribution in [0.25, 0.3) is 0 Å². The van der Waals surface area contributed by atoms with E-state index in [1.165, 1.54) is 0 Å². The minimum Gasteiger partial charge on any atom is -0.400 e. The van der Waals surface area contributed by atoms with E-state index in [4.69, 9.17) is 29.5 Å². The lowest BCUT2D eigenvalue weighted by molar-refractivity contribution is 0.399. The number of thiocarbonyl (C=S) groups is 2. The Balaban J connectivity index is 0. The first-order valence-corrected chi connectivity index (χ1v) is 8.94. The molecule has 0 rings (SSSR count). The highest BCUT2D eigenvalue weighted by molar-refractivity contribution is 8.89. The van der Waals surface area contributed by atoms with Gasteiger partial charge in [0.1, 0.15) is 8.64 Å². The van der Waals surface area contributed by atoms with Crippen LogP contribution >= 0.6 is 46.0 Å². The second-order valence-electron chi connectivity index (χ2n) is 3.04. The molecule has 0 radical (unpaired) electrons. The van der Waals surface area contributed by atoms with Crippen LogP contribution in [0.5, 0.6) is 0 Å². The first-order chi connectivity index (χ1) is 8.60. The van der Waals surface area contributed by atoms with Crippen molar-refractivity contribution in [1.29, 1.82) is 0 Å². The van der Waals surface area contributed by atoms with Crippen LogP contribution < -0.4 is 0 Å². The molecule has 0 heterocycles. The van der Waals surface area contributed by atoms with Crippen LogP contribution in [0.15, 0.2) is 0 Å². The fourth-order valence-corrected chi connectivity index (χ4v) is 4.20. The summed E-state index contributed by atoms with van der Waals surface area (Å²) in [5.41, 5.74) is 0. The number of nitrogens with zero attached hydrogens (tertiary/aromatic N) is 2. The molecule has 0 fully saturated rings. The van der Waals surface area contributed by atoms with Crippen molar-refractivity contribution < 1.29 is 5.11 Å². The van der Waals surface area contributed by atoms with Gasteiger partial charge in [-0.15, -0.1) is 0 Å². The molecule has 0 aliphatic rings. The second-order valence-corrected chi connectivity index (χ2v) is 6.44. The van der Waals surface area contributed by atoms with Crippen molar-refractivity contribution in [1.82, 2.24) is 9.80 Å². The van der Waals surface area contributed by atoms with Crippen molar-refractivity contribution in [2.75, 3.05) is 33.3 Å². The van der Waals surface area contributed by atoms with Crippen molar-refractivity contribution in [3.63, 3.8) is 0 Å². The largest absolute Gasteiger partial charge is 0.400 e. The van der Waals surface area contributed by atoms with Gasteiger partial charge in [-0.2, -0.15) is 0 Å². The lowest BCUT2D eigenvalue weighted by atomic mass is 10.6. The SMILES string of the molecule is CCN(CC)C(=S)SSC(=S)N(CC)CC.CO. The molecule has 1 N–H and O–H groups in total. The van der Waals surface area contributed by atoms with E-state index in [-0.39, 0.29) is 0 Å². The van der Waals surface area contributed by atoms with Gasteiger partial charge in [-0.3, -0.25) is 0 Å². The van der Waals surface area contributed by atoms with Crippen LogP contribution in [0.3, 0.4) is 0 Å². The standard InChI is InChI=1S/C10H20N2S4.CH4O/c1-5-11(6-2)9(13)15-16-10(14)12(7-3)8-4;1-2/h5-8H2,1-4H3;2H,1H3. The molecule has 0 atom stereocenters. The van der Waals surface area contributed by atoms with Crippen molar-refractivity contribution in [3.8, 4) is 0 Å². The molecule has 0 unspecified atom stereocenters. The lowest BCUT2D eigenvalue weighted by Gasteiger charge is -2.23. The van der Waals surface area contributed by atoms with E-state index < -0.39 is 0 Å². The van der Waals surface area contributed by atoms with Crippen LogP contribution in [-0.4, -0.2) is 56.8 Å². The summed E-state index contributed by atoms with van der Waals surface area (Å²) in [7, 11) is 4.18. The average molecular weight is 329 g/mol. The molecule has 0 aliphatic heterocycles. The normalized spacial score (nSPS) is 9.22. The Morgan fingerprint density at radius 2 is 1.00 bits per heavy atom. The van der Waals surface area contributed by atoms with Crippen LogP contribution in [0.2, 0.25) is 0 Å². The number of hydrogen-bond acceptors (Lipinski definition) is 5. The van der Waals surface area contributed by atoms with E-state index in [1.54, 1.807) is 21.6 Å². The third-order valence-electron chi connectivity index (χ3n) is 2.23. The summed E-state index contributed by atoms with van der Waals surface area (Å²) in [6.45, 7) is 12.3. The van der Waals surface area contributed by atoms with Crippen molar-refractivity contribution >= 4 is 54.7 Å². The zero-order valence-corrected chi connectivity index (χ0v) is 15.1. The lowest BCUT2D eigenvalue weighted by Crippen LogP contribution is -2.28. The molecule has 0 saturated carbocycles. The van der Waals surface area contributed by atoms with Gasteiger partial charge in [0.05, 0.1) is 0 Å². The summed E-state index contributed by atoms with van der Waals surface area (Å²) in [6, 6.07) is 0. The third kappa shape index (κ3) is 8.53. The Bertz CT molecular complexity index is 207. The maximum Gasteiger partial charge on any atom is 0.147 e. The quantitative estimate of drug-likeness (QED) is 0.625. The van der Waals surface area contributed by atoms with Gasteiger partial charge in [-0.1, -0.05) is 24.4 Å². The van der Waals surface area contributed by atoms with Crippen LogP contribution in [0.4, 0.5) is 0 Å². The predicted molar refractivity (Wildman–Crippen MR) is 94.4 cm³/mol. The van der Waals surface area contributed by atoms with Crippen LogP contribution in [-0.2, 0) is 0 Å². The monoisotopic (exact) mass is 328 g/mol. The van der Waals surface area contributed by atoms with E-state index >= 15 is 0 Å². The molecule has 0 aromatic heterocycles. The van der Waals surface area contributed by atoms with Gasteiger partial charge < -0.3 is 14.9 Å². The molecule has 108 valence electrons. The predicted octanol–water partition coefficient (Wildman–Crippen LogP) is 3.23. The number of aliphatic hydroxyl groups is 1. The summed E-state index contributed by atoms with van der Waals surface area (Å²) in [6.07, 6.45) is 0. The summed E-state index contributed by atoms with van der Waals surface area (Å²) in [5, 5.41) is 7.00. The molecular formula is C11H24N2OS4. The Hall–Kier alpha value is 0.440. The van der Waals surface area contributed by atoms with Crippen LogP contribution in [0.1, 0.15) is 27.7 Å². The highest BCUT2D eigenvalue weighted by Crippen LogP contribution is 2.28. The summed E-state index contributed by atoms with van der Waals surface area (Å²) in [4.78, 5) is 4.33. The Kier molecular flexibility index (Phi) is 16.0. The van der Waals surface area contributed by atoms with Crippen LogP contribution in [0, 0.1) is 0 Å². The molecule has 0 aromatic rings. The molecule has 0 bridgehead atoms. The first kappa shape index (κ1) is 20.8. The van der Waals surface area contributed by atoms with Gasteiger partial charge in [-0.25, -0.2) is 0 Å². The van der Waals surface area contributed by atoms with E-state index in [0.717, 1.165) is 41.9 Å². The zero-order valence-electron chi connectivity index (χ0n) is 11.8. The molecule has 0 aromatic carbocycles. The molecule has 3 nitrogen and oxygen atoms in total. The van der Waals surface area contributed by atoms with Gasteiger partial charge >= 0.3 is 0 Å². The Morgan fingerprint density at radius 1 is 0.778 bits per heavy atom. The topological polar surface area (TPSA) is 26.7 Å². The minimum absolute atomic E-state index is 0.921. The molecule has 0 aliphatic carbocycles. The maximum absolute atomic E-state index is 7.00. The van der Waals surface area contributed by atoms with Crippen molar-refractivity contribution in [3.05, 3.63) is 0 Å². The van der Waals surface area contributed by atoms with Gasteiger partial charge in [0.2, 0.25) is 0 Å². The smallest absolute Gasteiger partial charge is 0.147 e. The number of rotatable bonds is 4. The van der Waals surface area contributed by atoms with Crippen molar-refractivity contribution in [2.24, 2.45) is 0 Å². The zero-order chi connectivity index (χ0) is 14.6. The average Bonchev–Trinajstić information content (AvgIpc) is 2.41. The highest BCUT2D eigenvalue weighted by Gasteiger charge is 2.11. The molecule has 0 spiro atoms. The molecule has 0 saturated heterocycles. The highest BCUT2D eigenvalue weighted by atomic mass is 33.1. The molecular weight excluding hydrogens is 304 g/mol. The van der Waals surface area contributed by atoms with E-state index in [9.17, 15) is 0 Å². The van der Waals surface area contributed by atoms with Gasteiger partial charge in [0.25, 0.3) is 0 Å². The first-order valence-electron chi connectivity index (χ1n) is 5.97. The third-order valence-corrected chi connectivity index (χ3v) is 5.96. The van der Waals surface area contributed by atoms with Gasteiger partial charge in [-0.05, 0) is 49.3 Å². The fraction of sp³-hybridized carbons (Fsp3) is 0.818. The maximum atomic E-state index is 7.00. The molecule has 7 heteroatoms.